The number of fused-ring (bicyclic) bond motifs is 1. The molecular formula is C15H26N2O4. The molecule has 0 aromatic carbocycles. The van der Waals surface area contributed by atoms with Gasteiger partial charge in [0.1, 0.15) is 5.60 Å². The Kier molecular flexibility index (Phi) is 4.19. The van der Waals surface area contributed by atoms with Crippen LogP contribution in [0.1, 0.15) is 47.0 Å². The van der Waals surface area contributed by atoms with Gasteiger partial charge in [0, 0.05) is 19.1 Å². The topological polar surface area (TPSA) is 70.1 Å². The Bertz CT molecular complexity index is 432. The number of amides is 1. The molecular weight excluding hydrogens is 272 g/mol. The molecule has 2 saturated heterocycles. The van der Waals surface area contributed by atoms with Gasteiger partial charge in [-0.2, -0.15) is 0 Å². The third-order valence-electron chi connectivity index (χ3n) is 4.48. The lowest BCUT2D eigenvalue weighted by molar-refractivity contribution is -0.152. The summed E-state index contributed by atoms with van der Waals surface area (Å²) >= 11 is 0. The van der Waals surface area contributed by atoms with Crippen LogP contribution in [0.5, 0.6) is 0 Å². The Hall–Kier alpha value is -1.30. The van der Waals surface area contributed by atoms with Crippen molar-refractivity contribution in [1.82, 2.24) is 9.80 Å². The van der Waals surface area contributed by atoms with E-state index in [1.54, 1.807) is 20.8 Å². The van der Waals surface area contributed by atoms with Crippen molar-refractivity contribution in [2.45, 2.75) is 64.1 Å². The lowest BCUT2D eigenvalue weighted by Gasteiger charge is -2.41. The van der Waals surface area contributed by atoms with Gasteiger partial charge in [-0.15, -0.1) is 0 Å². The molecule has 2 heterocycles. The van der Waals surface area contributed by atoms with Crippen molar-refractivity contribution in [1.29, 1.82) is 0 Å². The summed E-state index contributed by atoms with van der Waals surface area (Å²) in [6.45, 7) is 9.19. The molecule has 2 unspecified atom stereocenters. The fourth-order valence-corrected chi connectivity index (χ4v) is 3.69. The normalized spacial score (nSPS) is 29.2. The highest BCUT2D eigenvalue weighted by Gasteiger charge is 2.59. The molecule has 21 heavy (non-hydrogen) atoms. The second-order valence-electron chi connectivity index (χ2n) is 6.90. The minimum absolute atomic E-state index is 0.0949. The van der Waals surface area contributed by atoms with E-state index in [2.05, 4.69) is 4.90 Å². The number of carbonyl (C=O) groups is 2. The second-order valence-corrected chi connectivity index (χ2v) is 6.90. The van der Waals surface area contributed by atoms with Crippen molar-refractivity contribution < 1.29 is 19.4 Å². The van der Waals surface area contributed by atoms with Crippen LogP contribution in [0.2, 0.25) is 0 Å². The van der Waals surface area contributed by atoms with Crippen molar-refractivity contribution >= 4 is 12.1 Å². The lowest BCUT2D eigenvalue weighted by Crippen LogP contribution is -2.63. The number of hydrogen-bond acceptors (Lipinski definition) is 4. The fourth-order valence-electron chi connectivity index (χ4n) is 3.69. The van der Waals surface area contributed by atoms with Crippen molar-refractivity contribution in [2.24, 2.45) is 0 Å². The number of carboxylic acid groups (broad SMARTS) is 1. The van der Waals surface area contributed by atoms with Gasteiger partial charge in [0.2, 0.25) is 0 Å². The molecule has 1 amide bonds. The van der Waals surface area contributed by atoms with Crippen molar-refractivity contribution in [2.75, 3.05) is 19.6 Å². The van der Waals surface area contributed by atoms with Crippen molar-refractivity contribution in [3.63, 3.8) is 0 Å². The SMILES string of the molecule is CCN(C(=O)OC(C)(C)C)C1(C(=O)O)CCN2CCCC21. The molecule has 0 spiro atoms. The van der Waals surface area contributed by atoms with Gasteiger partial charge in [-0.25, -0.2) is 9.59 Å². The molecule has 6 nitrogen and oxygen atoms in total. The number of hydrogen-bond donors (Lipinski definition) is 1. The fraction of sp³-hybridized carbons (Fsp3) is 0.867. The number of aliphatic carboxylic acids is 1. The van der Waals surface area contributed by atoms with Crippen LogP contribution < -0.4 is 0 Å². The zero-order chi connectivity index (χ0) is 15.8. The minimum Gasteiger partial charge on any atom is -0.479 e. The van der Waals surface area contributed by atoms with Crippen LogP contribution in [0.3, 0.4) is 0 Å². The average Bonchev–Trinajstić information content (AvgIpc) is 2.90. The summed E-state index contributed by atoms with van der Waals surface area (Å²) in [5.41, 5.74) is -1.77. The van der Waals surface area contributed by atoms with Crippen LogP contribution in [-0.2, 0) is 9.53 Å². The maximum absolute atomic E-state index is 12.5. The predicted molar refractivity (Wildman–Crippen MR) is 78.2 cm³/mol. The van der Waals surface area contributed by atoms with Gasteiger partial charge < -0.3 is 9.84 Å². The van der Waals surface area contributed by atoms with E-state index in [-0.39, 0.29) is 6.04 Å². The van der Waals surface area contributed by atoms with E-state index in [0.29, 0.717) is 13.0 Å². The molecule has 0 bridgehead atoms. The molecule has 0 radical (unpaired) electrons. The third kappa shape index (κ3) is 2.73. The molecule has 2 rings (SSSR count). The standard InChI is InChI=1S/C15H26N2O4/c1-5-17(13(20)21-14(2,3)4)15(12(18)19)8-10-16-9-6-7-11(15)16/h11H,5-10H2,1-4H3,(H,18,19). The molecule has 2 atom stereocenters. The number of carboxylic acids is 1. The molecule has 0 aliphatic carbocycles. The molecule has 0 aromatic heterocycles. The van der Waals surface area contributed by atoms with Gasteiger partial charge in [-0.3, -0.25) is 9.80 Å². The van der Waals surface area contributed by atoms with Gasteiger partial charge in [-0.05, 0) is 53.5 Å². The number of carbonyl (C=O) groups excluding carboxylic acids is 1. The largest absolute Gasteiger partial charge is 0.479 e. The van der Waals surface area contributed by atoms with E-state index in [1.165, 1.54) is 4.90 Å². The number of likely N-dealkylation sites (N-methyl/N-ethyl adjacent to an activating group) is 1. The summed E-state index contributed by atoms with van der Waals surface area (Å²) in [6, 6.07) is -0.0949. The van der Waals surface area contributed by atoms with Gasteiger partial charge in [0.05, 0.1) is 0 Å². The highest BCUT2D eigenvalue weighted by Crippen LogP contribution is 2.41. The van der Waals surface area contributed by atoms with E-state index in [4.69, 9.17) is 4.74 Å². The summed E-state index contributed by atoms with van der Waals surface area (Å²) in [4.78, 5) is 28.2. The summed E-state index contributed by atoms with van der Waals surface area (Å²) < 4.78 is 5.43. The maximum Gasteiger partial charge on any atom is 0.411 e. The first-order valence-corrected chi connectivity index (χ1v) is 7.70. The second kappa shape index (κ2) is 5.48. The van der Waals surface area contributed by atoms with Crippen LogP contribution in [0.15, 0.2) is 0 Å². The Morgan fingerprint density at radius 2 is 2.05 bits per heavy atom. The maximum atomic E-state index is 12.5. The monoisotopic (exact) mass is 298 g/mol. The summed E-state index contributed by atoms with van der Waals surface area (Å²) in [5, 5.41) is 9.88. The van der Waals surface area contributed by atoms with Crippen LogP contribution in [0.4, 0.5) is 4.79 Å². The van der Waals surface area contributed by atoms with E-state index >= 15 is 0 Å². The summed E-state index contributed by atoms with van der Waals surface area (Å²) in [5.74, 6) is -0.912. The quantitative estimate of drug-likeness (QED) is 0.862. The number of ether oxygens (including phenoxy) is 1. The van der Waals surface area contributed by atoms with Crippen LogP contribution >= 0.6 is 0 Å². The van der Waals surface area contributed by atoms with E-state index in [1.807, 2.05) is 6.92 Å². The third-order valence-corrected chi connectivity index (χ3v) is 4.48. The first-order valence-electron chi connectivity index (χ1n) is 7.70. The molecule has 120 valence electrons. The number of nitrogens with zero attached hydrogens (tertiary/aromatic N) is 2. The van der Waals surface area contributed by atoms with Gasteiger partial charge in [0.15, 0.2) is 5.54 Å². The molecule has 0 aromatic rings. The Labute approximate surface area is 126 Å². The van der Waals surface area contributed by atoms with Crippen molar-refractivity contribution in [3.05, 3.63) is 0 Å². The summed E-state index contributed by atoms with van der Waals surface area (Å²) in [6.07, 6.45) is 1.76. The highest BCUT2D eigenvalue weighted by atomic mass is 16.6. The Morgan fingerprint density at radius 1 is 1.38 bits per heavy atom. The molecule has 2 fully saturated rings. The van der Waals surface area contributed by atoms with Crippen molar-refractivity contribution in [3.8, 4) is 0 Å². The van der Waals surface area contributed by atoms with E-state index in [0.717, 1.165) is 25.9 Å². The zero-order valence-electron chi connectivity index (χ0n) is 13.4. The molecule has 2 aliphatic heterocycles. The smallest absolute Gasteiger partial charge is 0.411 e. The molecule has 2 aliphatic rings. The van der Waals surface area contributed by atoms with E-state index < -0.39 is 23.2 Å². The lowest BCUT2D eigenvalue weighted by atomic mass is 9.87. The minimum atomic E-state index is -1.15. The zero-order valence-corrected chi connectivity index (χ0v) is 13.4. The Balaban J connectivity index is 2.32. The molecule has 0 saturated carbocycles. The van der Waals surface area contributed by atoms with Crippen LogP contribution in [-0.4, -0.2) is 63.8 Å². The van der Waals surface area contributed by atoms with E-state index in [9.17, 15) is 14.7 Å². The van der Waals surface area contributed by atoms with Gasteiger partial charge in [-0.1, -0.05) is 0 Å². The van der Waals surface area contributed by atoms with Crippen LogP contribution in [0, 0.1) is 0 Å². The molecule has 1 N–H and O–H groups in total. The highest BCUT2D eigenvalue weighted by molar-refractivity contribution is 5.86. The van der Waals surface area contributed by atoms with Crippen LogP contribution in [0.25, 0.3) is 0 Å². The number of rotatable bonds is 3. The first kappa shape index (κ1) is 16.1. The van der Waals surface area contributed by atoms with Gasteiger partial charge >= 0.3 is 12.1 Å². The summed E-state index contributed by atoms with van der Waals surface area (Å²) in [7, 11) is 0. The average molecular weight is 298 g/mol. The van der Waals surface area contributed by atoms with Gasteiger partial charge in [0.25, 0.3) is 0 Å². The first-order chi connectivity index (χ1) is 9.72. The molecule has 6 heteroatoms. The Morgan fingerprint density at radius 3 is 2.57 bits per heavy atom. The predicted octanol–water partition coefficient (Wildman–Crippen LogP) is 1.93.